The summed E-state index contributed by atoms with van der Waals surface area (Å²) in [6, 6.07) is 41.3. The van der Waals surface area contributed by atoms with Gasteiger partial charge in [0, 0.05) is 11.8 Å². The lowest BCUT2D eigenvalue weighted by molar-refractivity contribution is -0.259. The molecule has 6 heteroatoms. The van der Waals surface area contributed by atoms with Gasteiger partial charge in [-0.2, -0.15) is 0 Å². The molecule has 3 aliphatic carbocycles. The standard InChI is InChI=1S/C44H50O6/c1-42(2)35-24-25-43(42,3)44(26-35)49-40-38(47-29-33-20-12-6-13-21-33)36(45-27-31-16-8-4-9-17-31)37(46-28-32-18-10-5-11-19-32)39(41(40)50-44)48-30-34-22-14-7-15-23-34/h4-23,35-41H,24-30H2,1-3H3/t35-,36+,37+,38-,39-,40-,41+,43-,44?/m1/s1. The first-order valence-electron chi connectivity index (χ1n) is 18.3. The largest absolute Gasteiger partial charge is 0.368 e. The second-order valence-electron chi connectivity index (χ2n) is 15.5. The molecule has 4 aromatic carbocycles. The summed E-state index contributed by atoms with van der Waals surface area (Å²) in [5, 5.41) is 0. The molecule has 0 amide bonds. The van der Waals surface area contributed by atoms with Gasteiger partial charge < -0.3 is 28.4 Å². The molecule has 2 bridgehead atoms. The molecule has 4 aromatic rings. The van der Waals surface area contributed by atoms with E-state index in [1.807, 2.05) is 72.8 Å². The number of hydrogen-bond donors (Lipinski definition) is 0. The van der Waals surface area contributed by atoms with Gasteiger partial charge in [0.15, 0.2) is 5.79 Å². The zero-order valence-corrected chi connectivity index (χ0v) is 29.5. The van der Waals surface area contributed by atoms with Crippen molar-refractivity contribution in [3.05, 3.63) is 144 Å². The average Bonchev–Trinajstić information content (AvgIpc) is 3.69. The first-order chi connectivity index (χ1) is 24.4. The van der Waals surface area contributed by atoms with Gasteiger partial charge in [-0.1, -0.05) is 142 Å². The summed E-state index contributed by atoms with van der Waals surface area (Å²) in [5.74, 6) is -0.217. The van der Waals surface area contributed by atoms with E-state index >= 15 is 0 Å². The molecule has 1 saturated heterocycles. The molecular formula is C44H50O6. The Morgan fingerprint density at radius 3 is 1.14 bits per heavy atom. The number of ether oxygens (including phenoxy) is 6. The molecule has 1 unspecified atom stereocenters. The minimum atomic E-state index is -0.740. The van der Waals surface area contributed by atoms with Crippen molar-refractivity contribution in [1.29, 1.82) is 0 Å². The van der Waals surface area contributed by atoms with Crippen molar-refractivity contribution in [2.24, 2.45) is 16.7 Å². The van der Waals surface area contributed by atoms with Crippen LogP contribution in [0.15, 0.2) is 121 Å². The van der Waals surface area contributed by atoms with Gasteiger partial charge in [-0.25, -0.2) is 0 Å². The van der Waals surface area contributed by atoms with E-state index in [1.54, 1.807) is 0 Å². The Morgan fingerprint density at radius 2 is 0.840 bits per heavy atom. The molecule has 0 aromatic heterocycles. The van der Waals surface area contributed by atoms with Crippen LogP contribution < -0.4 is 0 Å². The minimum Gasteiger partial charge on any atom is -0.368 e. The van der Waals surface area contributed by atoms with Crippen LogP contribution in [-0.2, 0) is 54.8 Å². The van der Waals surface area contributed by atoms with Gasteiger partial charge in [0.2, 0.25) is 0 Å². The van der Waals surface area contributed by atoms with Gasteiger partial charge in [-0.3, -0.25) is 0 Å². The summed E-state index contributed by atoms with van der Waals surface area (Å²) in [5.41, 5.74) is 4.28. The Kier molecular flexibility index (Phi) is 9.44. The van der Waals surface area contributed by atoms with Gasteiger partial charge in [-0.15, -0.1) is 0 Å². The summed E-state index contributed by atoms with van der Waals surface area (Å²) in [6.07, 6.45) is 0.375. The summed E-state index contributed by atoms with van der Waals surface area (Å²) >= 11 is 0. The predicted molar refractivity (Wildman–Crippen MR) is 192 cm³/mol. The van der Waals surface area contributed by atoms with Crippen LogP contribution >= 0.6 is 0 Å². The van der Waals surface area contributed by atoms with Gasteiger partial charge in [0.25, 0.3) is 0 Å². The first kappa shape index (κ1) is 33.8. The highest BCUT2D eigenvalue weighted by Gasteiger charge is 2.76. The third kappa shape index (κ3) is 6.14. The molecule has 9 atom stereocenters. The van der Waals surface area contributed by atoms with Gasteiger partial charge in [0.1, 0.15) is 36.6 Å². The molecule has 4 fully saturated rings. The van der Waals surface area contributed by atoms with E-state index in [1.165, 1.54) is 6.42 Å². The molecule has 1 spiro atoms. The molecule has 50 heavy (non-hydrogen) atoms. The highest BCUT2D eigenvalue weighted by atomic mass is 16.8. The fourth-order valence-electron chi connectivity index (χ4n) is 9.22. The number of rotatable bonds is 12. The van der Waals surface area contributed by atoms with Crippen LogP contribution in [0.25, 0.3) is 0 Å². The van der Waals surface area contributed by atoms with Crippen LogP contribution in [0.3, 0.4) is 0 Å². The van der Waals surface area contributed by atoms with Crippen molar-refractivity contribution < 1.29 is 28.4 Å². The molecular weight excluding hydrogens is 624 g/mol. The van der Waals surface area contributed by atoms with Crippen LogP contribution in [0, 0.1) is 16.7 Å². The average molecular weight is 675 g/mol. The van der Waals surface area contributed by atoms with E-state index in [9.17, 15) is 0 Å². The summed E-state index contributed by atoms with van der Waals surface area (Å²) in [7, 11) is 0. The van der Waals surface area contributed by atoms with E-state index in [0.29, 0.717) is 32.3 Å². The Bertz CT molecular complexity index is 1580. The van der Waals surface area contributed by atoms with Crippen LogP contribution in [0.1, 0.15) is 62.3 Å². The summed E-state index contributed by atoms with van der Waals surface area (Å²) in [4.78, 5) is 0. The van der Waals surface area contributed by atoms with Crippen molar-refractivity contribution in [3.63, 3.8) is 0 Å². The lowest BCUT2D eigenvalue weighted by Gasteiger charge is -2.46. The molecule has 1 aliphatic heterocycles. The quantitative estimate of drug-likeness (QED) is 0.150. The molecule has 262 valence electrons. The lowest BCUT2D eigenvalue weighted by Crippen LogP contribution is -2.65. The molecule has 3 saturated carbocycles. The fourth-order valence-corrected chi connectivity index (χ4v) is 9.22. The van der Waals surface area contributed by atoms with E-state index in [-0.39, 0.29) is 10.8 Å². The number of fused-ring (bicyclic) bond motifs is 4. The molecule has 4 aliphatic rings. The molecule has 1 heterocycles. The summed E-state index contributed by atoms with van der Waals surface area (Å²) < 4.78 is 42.7. The second kappa shape index (κ2) is 14.0. The van der Waals surface area contributed by atoms with Gasteiger partial charge in [0.05, 0.1) is 26.4 Å². The van der Waals surface area contributed by atoms with Crippen LogP contribution in [0.4, 0.5) is 0 Å². The summed E-state index contributed by atoms with van der Waals surface area (Å²) in [6.45, 7) is 8.83. The lowest BCUT2D eigenvalue weighted by atomic mass is 9.68. The smallest absolute Gasteiger partial charge is 0.175 e. The SMILES string of the molecule is CC1(C)[C@@H]2CC[C@@]1(C)C1(C2)O[C@@H]2[C@H](OCc3ccccc3)[C@@H](OCc3ccccc3)[C@H](OCc3ccccc3)[C@@H](OCc3ccccc3)[C@@H]2O1. The zero-order valence-electron chi connectivity index (χ0n) is 29.5. The molecule has 0 radical (unpaired) electrons. The number of benzene rings is 4. The van der Waals surface area contributed by atoms with E-state index in [2.05, 4.69) is 69.3 Å². The normalized spacial score (nSPS) is 33.9. The third-order valence-corrected chi connectivity index (χ3v) is 12.5. The number of hydrogen-bond acceptors (Lipinski definition) is 6. The maximum Gasteiger partial charge on any atom is 0.175 e. The van der Waals surface area contributed by atoms with E-state index in [0.717, 1.165) is 35.1 Å². The maximum absolute atomic E-state index is 7.40. The van der Waals surface area contributed by atoms with Crippen molar-refractivity contribution >= 4 is 0 Å². The maximum atomic E-state index is 7.40. The van der Waals surface area contributed by atoms with Gasteiger partial charge >= 0.3 is 0 Å². The first-order valence-corrected chi connectivity index (χ1v) is 18.3. The Hall–Kier alpha value is -3.36. The van der Waals surface area contributed by atoms with E-state index < -0.39 is 42.4 Å². The van der Waals surface area contributed by atoms with E-state index in [4.69, 9.17) is 28.4 Å². The third-order valence-electron chi connectivity index (χ3n) is 12.5. The Labute approximate surface area is 297 Å². The minimum absolute atomic E-state index is 0.0771. The van der Waals surface area contributed by atoms with Crippen LogP contribution in [-0.4, -0.2) is 42.4 Å². The molecule has 8 rings (SSSR count). The van der Waals surface area contributed by atoms with Crippen LogP contribution in [0.2, 0.25) is 0 Å². The second-order valence-corrected chi connectivity index (χ2v) is 15.5. The highest BCUT2D eigenvalue weighted by Crippen LogP contribution is 2.73. The van der Waals surface area contributed by atoms with Crippen molar-refractivity contribution in [1.82, 2.24) is 0 Å². The van der Waals surface area contributed by atoms with Crippen molar-refractivity contribution in [2.45, 2.75) is 109 Å². The Morgan fingerprint density at radius 1 is 0.500 bits per heavy atom. The topological polar surface area (TPSA) is 55.4 Å². The van der Waals surface area contributed by atoms with Crippen molar-refractivity contribution in [2.75, 3.05) is 0 Å². The Balaban J connectivity index is 1.19. The fraction of sp³-hybridized carbons (Fsp3) is 0.455. The van der Waals surface area contributed by atoms with Crippen LogP contribution in [0.5, 0.6) is 0 Å². The zero-order chi connectivity index (χ0) is 34.2. The molecule has 0 N–H and O–H groups in total. The monoisotopic (exact) mass is 674 g/mol. The van der Waals surface area contributed by atoms with Gasteiger partial charge in [-0.05, 0) is 46.4 Å². The van der Waals surface area contributed by atoms with Crippen molar-refractivity contribution in [3.8, 4) is 0 Å². The predicted octanol–water partition coefficient (Wildman–Crippen LogP) is 8.67. The highest BCUT2D eigenvalue weighted by molar-refractivity contribution is 5.22. The molecule has 6 nitrogen and oxygen atoms in total.